The second-order valence-corrected chi connectivity index (χ2v) is 3.52. The van der Waals surface area contributed by atoms with Gasteiger partial charge in [-0.25, -0.2) is 0 Å². The monoisotopic (exact) mass is 231 g/mol. The molecule has 96 valence electrons. The minimum absolute atomic E-state index is 0.0703. The molecule has 0 bridgehead atoms. The van der Waals surface area contributed by atoms with Crippen molar-refractivity contribution >= 4 is 5.91 Å². The summed E-state index contributed by atoms with van der Waals surface area (Å²) in [5.74, 6) is 0.0703. The lowest BCUT2D eigenvalue weighted by molar-refractivity contribution is -0.122. The minimum Gasteiger partial charge on any atom is -0.380 e. The molecule has 0 rings (SSSR count). The molecule has 0 fully saturated rings. The van der Waals surface area contributed by atoms with Crippen molar-refractivity contribution in [2.75, 3.05) is 46.4 Å². The smallest absolute Gasteiger partial charge is 0.222 e. The highest BCUT2D eigenvalue weighted by Gasteiger charge is 1.99. The van der Waals surface area contributed by atoms with Gasteiger partial charge in [0, 0.05) is 19.5 Å². The Morgan fingerprint density at radius 3 is 2.69 bits per heavy atom. The normalized spacial score (nSPS) is 10.4. The minimum atomic E-state index is 0.0703. The van der Waals surface area contributed by atoms with Crippen LogP contribution >= 0.6 is 0 Å². The lowest BCUT2D eigenvalue weighted by atomic mass is 10.3. The first-order chi connectivity index (χ1) is 7.81. The number of carbonyl (C=O) groups is 1. The molecular weight excluding hydrogens is 206 g/mol. The molecule has 0 spiro atoms. The number of carbonyl (C=O) groups excluding carboxylic acids is 1. The van der Waals surface area contributed by atoms with E-state index in [2.05, 4.69) is 22.9 Å². The van der Waals surface area contributed by atoms with E-state index in [1.54, 1.807) is 0 Å². The molecule has 0 aliphatic carbocycles. The molecule has 5 nitrogen and oxygen atoms in total. The molecule has 3 N–H and O–H groups in total. The van der Waals surface area contributed by atoms with Crippen molar-refractivity contribution in [2.45, 2.75) is 19.8 Å². The number of likely N-dealkylation sites (N-methyl/N-ethyl adjacent to an activating group) is 1. The molecule has 0 radical (unpaired) electrons. The molecule has 0 aliphatic rings. The Morgan fingerprint density at radius 2 is 2.00 bits per heavy atom. The quantitative estimate of drug-likeness (QED) is 0.428. The third-order valence-electron chi connectivity index (χ3n) is 2.07. The fourth-order valence-electron chi connectivity index (χ4n) is 1.15. The number of amides is 1. The molecule has 1 amide bonds. The van der Waals surface area contributed by atoms with Gasteiger partial charge in [-0.15, -0.1) is 0 Å². The Hall–Kier alpha value is -0.650. The molecule has 0 aromatic heterocycles. The number of ether oxygens (including phenoxy) is 1. The summed E-state index contributed by atoms with van der Waals surface area (Å²) in [6.45, 7) is 6.72. The average Bonchev–Trinajstić information content (AvgIpc) is 2.28. The molecule has 0 saturated carbocycles. The molecular formula is C11H25N3O2. The van der Waals surface area contributed by atoms with Gasteiger partial charge in [-0.2, -0.15) is 0 Å². The number of hydrogen-bond acceptors (Lipinski definition) is 4. The molecule has 5 heteroatoms. The van der Waals surface area contributed by atoms with Crippen LogP contribution in [0, 0.1) is 0 Å². The third kappa shape index (κ3) is 11.4. The van der Waals surface area contributed by atoms with E-state index >= 15 is 0 Å². The van der Waals surface area contributed by atoms with E-state index in [0.717, 1.165) is 32.6 Å². The Balaban J connectivity index is 3.12. The van der Waals surface area contributed by atoms with Crippen LogP contribution < -0.4 is 16.0 Å². The summed E-state index contributed by atoms with van der Waals surface area (Å²) in [6.07, 6.45) is 1.42. The van der Waals surface area contributed by atoms with Gasteiger partial charge in [-0.3, -0.25) is 4.79 Å². The van der Waals surface area contributed by atoms with Gasteiger partial charge in [0.1, 0.15) is 0 Å². The van der Waals surface area contributed by atoms with E-state index in [1.165, 1.54) is 0 Å². The van der Waals surface area contributed by atoms with E-state index in [0.29, 0.717) is 19.6 Å². The van der Waals surface area contributed by atoms with Crippen LogP contribution in [0.25, 0.3) is 0 Å². The molecule has 0 saturated heterocycles. The van der Waals surface area contributed by atoms with E-state index < -0.39 is 0 Å². The topological polar surface area (TPSA) is 62.4 Å². The molecule has 16 heavy (non-hydrogen) atoms. The molecule has 0 atom stereocenters. The number of rotatable bonds is 11. The van der Waals surface area contributed by atoms with Gasteiger partial charge in [0.2, 0.25) is 5.91 Å². The Labute approximate surface area is 98.3 Å². The summed E-state index contributed by atoms with van der Waals surface area (Å²) in [5, 5.41) is 9.04. The van der Waals surface area contributed by atoms with Crippen LogP contribution in [0.4, 0.5) is 0 Å². The summed E-state index contributed by atoms with van der Waals surface area (Å²) in [4.78, 5) is 11.3. The lowest BCUT2D eigenvalue weighted by Gasteiger charge is -2.06. The van der Waals surface area contributed by atoms with Crippen LogP contribution in [0.2, 0.25) is 0 Å². The maximum atomic E-state index is 11.3. The summed E-state index contributed by atoms with van der Waals surface area (Å²) in [7, 11) is 1.88. The van der Waals surface area contributed by atoms with E-state index in [4.69, 9.17) is 4.74 Å². The van der Waals surface area contributed by atoms with Crippen LogP contribution in [0.5, 0.6) is 0 Å². The molecule has 0 unspecified atom stereocenters. The van der Waals surface area contributed by atoms with E-state index in [-0.39, 0.29) is 5.91 Å². The van der Waals surface area contributed by atoms with Crippen molar-refractivity contribution < 1.29 is 9.53 Å². The fourth-order valence-corrected chi connectivity index (χ4v) is 1.15. The first kappa shape index (κ1) is 15.3. The van der Waals surface area contributed by atoms with Gasteiger partial charge in [0.25, 0.3) is 0 Å². The van der Waals surface area contributed by atoms with Gasteiger partial charge in [0.05, 0.1) is 13.2 Å². The van der Waals surface area contributed by atoms with Crippen molar-refractivity contribution in [2.24, 2.45) is 0 Å². The predicted molar refractivity (Wildman–Crippen MR) is 65.5 cm³/mol. The molecule has 0 heterocycles. The van der Waals surface area contributed by atoms with Crippen molar-refractivity contribution in [3.8, 4) is 0 Å². The lowest BCUT2D eigenvalue weighted by Crippen LogP contribution is -2.28. The first-order valence-electron chi connectivity index (χ1n) is 6.01. The van der Waals surface area contributed by atoms with Crippen LogP contribution in [0.3, 0.4) is 0 Å². The average molecular weight is 231 g/mol. The van der Waals surface area contributed by atoms with Crippen LogP contribution in [0.15, 0.2) is 0 Å². The zero-order valence-electron chi connectivity index (χ0n) is 10.5. The van der Waals surface area contributed by atoms with Crippen molar-refractivity contribution in [1.82, 2.24) is 16.0 Å². The third-order valence-corrected chi connectivity index (χ3v) is 2.07. The molecule has 0 aromatic carbocycles. The van der Waals surface area contributed by atoms with Gasteiger partial charge >= 0.3 is 0 Å². The first-order valence-corrected chi connectivity index (χ1v) is 6.01. The largest absolute Gasteiger partial charge is 0.380 e. The Bertz CT molecular complexity index is 149. The van der Waals surface area contributed by atoms with Gasteiger partial charge in [-0.05, 0) is 26.6 Å². The second kappa shape index (κ2) is 12.4. The van der Waals surface area contributed by atoms with Crippen LogP contribution in [-0.2, 0) is 9.53 Å². The maximum absolute atomic E-state index is 11.3. The van der Waals surface area contributed by atoms with E-state index in [1.807, 2.05) is 7.05 Å². The van der Waals surface area contributed by atoms with Crippen LogP contribution in [0.1, 0.15) is 19.8 Å². The number of hydrogen-bond donors (Lipinski definition) is 3. The van der Waals surface area contributed by atoms with Crippen molar-refractivity contribution in [3.05, 3.63) is 0 Å². The standard InChI is InChI=1S/C11H25N3O2/c1-3-13-6-4-7-14-11(15)5-9-16-10-8-12-2/h12-13H,3-10H2,1-2H3,(H,14,15). The molecule has 0 aromatic rings. The maximum Gasteiger partial charge on any atom is 0.222 e. The highest BCUT2D eigenvalue weighted by Crippen LogP contribution is 1.83. The van der Waals surface area contributed by atoms with Gasteiger partial charge in [0.15, 0.2) is 0 Å². The predicted octanol–water partition coefficient (Wildman–Crippen LogP) is -0.272. The number of nitrogens with one attached hydrogen (secondary N) is 3. The summed E-state index contributed by atoms with van der Waals surface area (Å²) in [6, 6.07) is 0. The SMILES string of the molecule is CCNCCCNC(=O)CCOCCNC. The molecule has 0 aliphatic heterocycles. The summed E-state index contributed by atoms with van der Waals surface area (Å²) >= 11 is 0. The fraction of sp³-hybridized carbons (Fsp3) is 0.909. The van der Waals surface area contributed by atoms with Gasteiger partial charge < -0.3 is 20.7 Å². The Kier molecular flexibility index (Phi) is 11.9. The Morgan fingerprint density at radius 1 is 1.19 bits per heavy atom. The highest BCUT2D eigenvalue weighted by atomic mass is 16.5. The zero-order chi connectivity index (χ0) is 12.1. The van der Waals surface area contributed by atoms with Crippen molar-refractivity contribution in [3.63, 3.8) is 0 Å². The van der Waals surface area contributed by atoms with Crippen molar-refractivity contribution in [1.29, 1.82) is 0 Å². The second-order valence-electron chi connectivity index (χ2n) is 3.52. The van der Waals surface area contributed by atoms with E-state index in [9.17, 15) is 4.79 Å². The summed E-state index contributed by atoms with van der Waals surface area (Å²) in [5.41, 5.74) is 0. The highest BCUT2D eigenvalue weighted by molar-refractivity contribution is 5.75. The summed E-state index contributed by atoms with van der Waals surface area (Å²) < 4.78 is 5.25. The zero-order valence-corrected chi connectivity index (χ0v) is 10.5. The van der Waals surface area contributed by atoms with Crippen LogP contribution in [-0.4, -0.2) is 52.3 Å². The van der Waals surface area contributed by atoms with Gasteiger partial charge in [-0.1, -0.05) is 6.92 Å².